The lowest BCUT2D eigenvalue weighted by molar-refractivity contribution is -0.137. The summed E-state index contributed by atoms with van der Waals surface area (Å²) in [5, 5.41) is 10.2. The van der Waals surface area contributed by atoms with Crippen LogP contribution in [0.2, 0.25) is 5.02 Å². The van der Waals surface area contributed by atoms with Crippen molar-refractivity contribution in [1.29, 1.82) is 0 Å². The number of nitrogens with zero attached hydrogens (tertiary/aromatic N) is 1. The van der Waals surface area contributed by atoms with Crippen molar-refractivity contribution >= 4 is 34.4 Å². The Morgan fingerprint density at radius 3 is 2.58 bits per heavy atom. The fourth-order valence-corrected chi connectivity index (χ4v) is 2.39. The summed E-state index contributed by atoms with van der Waals surface area (Å²) in [6.07, 6.45) is -3.39. The summed E-state index contributed by atoms with van der Waals surface area (Å²) in [4.78, 5) is 6.53. The van der Waals surface area contributed by atoms with Crippen molar-refractivity contribution in [2.24, 2.45) is 4.99 Å². The van der Waals surface area contributed by atoms with E-state index in [1.165, 1.54) is 18.2 Å². The molecule has 0 unspecified atom stereocenters. The van der Waals surface area contributed by atoms with Crippen LogP contribution in [0, 0.1) is 5.82 Å². The first-order valence-corrected chi connectivity index (χ1v) is 7.04. The highest BCUT2D eigenvalue weighted by Gasteiger charge is 2.30. The van der Waals surface area contributed by atoms with Crippen molar-refractivity contribution < 1.29 is 22.7 Å². The molecule has 0 fully saturated rings. The Kier molecular flexibility index (Phi) is 3.96. The Morgan fingerprint density at radius 1 is 1.12 bits per heavy atom. The number of H-pyrrole nitrogens is 1. The number of hydrogen-bond acceptors (Lipinski definition) is 2. The fraction of sp³-hybridized carbons (Fsp3) is 0.0625. The Labute approximate surface area is 138 Å². The van der Waals surface area contributed by atoms with Crippen LogP contribution in [0.1, 0.15) is 11.1 Å². The second kappa shape index (κ2) is 5.83. The largest absolute Gasteiger partial charge is 0.494 e. The molecule has 0 saturated carbocycles. The molecule has 124 valence electrons. The maximum absolute atomic E-state index is 13.4. The van der Waals surface area contributed by atoms with Crippen molar-refractivity contribution in [3.63, 3.8) is 0 Å². The van der Waals surface area contributed by atoms with Gasteiger partial charge in [0.1, 0.15) is 5.82 Å². The van der Waals surface area contributed by atoms with E-state index in [-0.39, 0.29) is 22.2 Å². The van der Waals surface area contributed by atoms with Crippen molar-refractivity contribution in [2.75, 3.05) is 0 Å². The Balaban J connectivity index is 2.06. The van der Waals surface area contributed by atoms with Crippen LogP contribution in [0.15, 0.2) is 41.4 Å². The lowest BCUT2D eigenvalue weighted by Crippen LogP contribution is -2.04. The Morgan fingerprint density at radius 2 is 1.88 bits per heavy atom. The van der Waals surface area contributed by atoms with E-state index in [9.17, 15) is 22.7 Å². The number of aromatic nitrogens is 1. The molecule has 3 nitrogen and oxygen atoms in total. The Bertz CT molecular complexity index is 947. The normalized spacial score (nSPS) is 12.4. The average molecular weight is 357 g/mol. The van der Waals surface area contributed by atoms with Crippen LogP contribution < -0.4 is 0 Å². The number of halogens is 5. The van der Waals surface area contributed by atoms with Crippen molar-refractivity contribution in [2.45, 2.75) is 6.18 Å². The van der Waals surface area contributed by atoms with Gasteiger partial charge in [0.2, 0.25) is 0 Å². The zero-order chi connectivity index (χ0) is 17.5. The van der Waals surface area contributed by atoms with Gasteiger partial charge in [-0.05, 0) is 36.4 Å². The van der Waals surface area contributed by atoms with Crippen molar-refractivity contribution in [3.05, 3.63) is 58.4 Å². The third kappa shape index (κ3) is 3.07. The Hall–Kier alpha value is -2.54. The van der Waals surface area contributed by atoms with E-state index in [2.05, 4.69) is 9.98 Å². The van der Waals surface area contributed by atoms with E-state index in [4.69, 9.17) is 11.6 Å². The number of hydrogen-bond donors (Lipinski definition) is 2. The highest BCUT2D eigenvalue weighted by Crippen LogP contribution is 2.35. The smallest absolute Gasteiger partial charge is 0.416 e. The van der Waals surface area contributed by atoms with Gasteiger partial charge in [0, 0.05) is 17.1 Å². The summed E-state index contributed by atoms with van der Waals surface area (Å²) in [5.41, 5.74) is -0.395. The van der Waals surface area contributed by atoms with Gasteiger partial charge in [0.15, 0.2) is 5.88 Å². The first-order valence-electron chi connectivity index (χ1n) is 6.67. The van der Waals surface area contributed by atoms with Crippen LogP contribution in [0.3, 0.4) is 0 Å². The number of aromatic hydroxyl groups is 1. The van der Waals surface area contributed by atoms with Crippen molar-refractivity contribution in [1.82, 2.24) is 4.98 Å². The lowest BCUT2D eigenvalue weighted by Gasteiger charge is -2.07. The van der Waals surface area contributed by atoms with Crippen LogP contribution >= 0.6 is 11.6 Å². The predicted octanol–water partition coefficient (Wildman–Crippen LogP) is 5.44. The minimum atomic E-state index is -4.53. The molecule has 0 amide bonds. The third-order valence-electron chi connectivity index (χ3n) is 3.39. The number of aliphatic imine (C=N–C) groups is 1. The second-order valence-corrected chi connectivity index (χ2v) is 5.41. The van der Waals surface area contributed by atoms with Crippen LogP contribution in [0.4, 0.5) is 23.2 Å². The molecule has 8 heteroatoms. The summed E-state index contributed by atoms with van der Waals surface area (Å²) in [7, 11) is 0. The molecular weight excluding hydrogens is 348 g/mol. The monoisotopic (exact) mass is 356 g/mol. The quantitative estimate of drug-likeness (QED) is 0.466. The lowest BCUT2D eigenvalue weighted by atomic mass is 10.1. The van der Waals surface area contributed by atoms with Gasteiger partial charge in [-0.15, -0.1) is 0 Å². The maximum atomic E-state index is 13.4. The molecule has 1 heterocycles. The van der Waals surface area contributed by atoms with Gasteiger partial charge in [0.25, 0.3) is 0 Å². The first-order chi connectivity index (χ1) is 11.3. The number of rotatable bonds is 2. The predicted molar refractivity (Wildman–Crippen MR) is 83.6 cm³/mol. The molecule has 2 aromatic carbocycles. The zero-order valence-electron chi connectivity index (χ0n) is 11.8. The number of fused-ring (bicyclic) bond motifs is 1. The van der Waals surface area contributed by atoms with Crippen molar-refractivity contribution in [3.8, 4) is 5.88 Å². The molecule has 0 atom stereocenters. The number of aromatic amines is 1. The summed E-state index contributed by atoms with van der Waals surface area (Å²) >= 11 is 5.86. The van der Waals surface area contributed by atoms with Gasteiger partial charge >= 0.3 is 6.18 Å². The van der Waals surface area contributed by atoms with Gasteiger partial charge in [-0.25, -0.2) is 4.39 Å². The third-order valence-corrected chi connectivity index (χ3v) is 3.71. The van der Waals surface area contributed by atoms with E-state index in [0.717, 1.165) is 24.4 Å². The summed E-state index contributed by atoms with van der Waals surface area (Å²) in [6, 6.07) is 6.56. The molecule has 1 aromatic heterocycles. The van der Waals surface area contributed by atoms with Crippen LogP contribution in [-0.2, 0) is 6.18 Å². The molecule has 24 heavy (non-hydrogen) atoms. The van der Waals surface area contributed by atoms with Gasteiger partial charge < -0.3 is 10.1 Å². The highest BCUT2D eigenvalue weighted by atomic mass is 35.5. The van der Waals surface area contributed by atoms with Crippen LogP contribution in [0.25, 0.3) is 10.9 Å². The van der Waals surface area contributed by atoms with E-state index in [1.807, 2.05) is 0 Å². The molecule has 0 radical (unpaired) electrons. The van der Waals surface area contributed by atoms with Gasteiger partial charge in [0.05, 0.1) is 21.8 Å². The molecule has 0 spiro atoms. The zero-order valence-corrected chi connectivity index (χ0v) is 12.6. The molecule has 0 aliphatic heterocycles. The second-order valence-electron chi connectivity index (χ2n) is 5.00. The molecule has 3 rings (SSSR count). The van der Waals surface area contributed by atoms with Gasteiger partial charge in [-0.2, -0.15) is 13.2 Å². The van der Waals surface area contributed by atoms with E-state index < -0.39 is 17.6 Å². The number of benzene rings is 2. The minimum absolute atomic E-state index is 0.0183. The molecule has 0 bridgehead atoms. The fourth-order valence-electron chi connectivity index (χ4n) is 2.22. The maximum Gasteiger partial charge on any atom is 0.416 e. The van der Waals surface area contributed by atoms with E-state index in [0.29, 0.717) is 10.9 Å². The SMILES string of the molecule is Oc1[nH]c2ccc(F)cc2c1C=Nc1cc(C(F)(F)F)ccc1Cl. The standard InChI is InChI=1S/C16H9ClF4N2O/c17-12-3-1-8(16(19,20)21)5-14(12)22-7-11-10-6-9(18)2-4-13(10)23-15(11)24/h1-7,23-24H. The topological polar surface area (TPSA) is 48.4 Å². The van der Waals surface area contributed by atoms with Crippen LogP contribution in [-0.4, -0.2) is 16.3 Å². The number of alkyl halides is 3. The van der Waals surface area contributed by atoms with E-state index >= 15 is 0 Å². The van der Waals surface area contributed by atoms with Gasteiger partial charge in [-0.1, -0.05) is 11.6 Å². The average Bonchev–Trinajstić information content (AvgIpc) is 2.80. The molecule has 2 N–H and O–H groups in total. The summed E-state index contributed by atoms with van der Waals surface area (Å²) in [5.74, 6) is -0.796. The highest BCUT2D eigenvalue weighted by molar-refractivity contribution is 6.33. The van der Waals surface area contributed by atoms with E-state index in [1.54, 1.807) is 0 Å². The minimum Gasteiger partial charge on any atom is -0.494 e. The first kappa shape index (κ1) is 16.3. The molecule has 0 saturated heterocycles. The summed E-state index contributed by atoms with van der Waals surface area (Å²) < 4.78 is 51.6. The van der Waals surface area contributed by atoms with Gasteiger partial charge in [-0.3, -0.25) is 4.99 Å². The molecular formula is C16H9ClF4N2O. The van der Waals surface area contributed by atoms with Crippen LogP contribution in [0.5, 0.6) is 5.88 Å². The molecule has 0 aliphatic carbocycles. The molecule has 0 aliphatic rings. The molecule has 3 aromatic rings. The number of nitrogens with one attached hydrogen (secondary N) is 1. The summed E-state index contributed by atoms with van der Waals surface area (Å²) in [6.45, 7) is 0.